The maximum absolute atomic E-state index is 10.6. The van der Waals surface area contributed by atoms with Crippen LogP contribution in [0.1, 0.15) is 19.8 Å². The summed E-state index contributed by atoms with van der Waals surface area (Å²) in [7, 11) is -3.18. The van der Waals surface area contributed by atoms with E-state index in [4.69, 9.17) is 0 Å². The Labute approximate surface area is 78.0 Å². The molecule has 0 aliphatic heterocycles. The standard InChI is InChI=1S/C5H11O4P.Li/c1-3-4-5(6)10(7,8)9-2;/h3-4H2,1-2H3,(H,7,8);/q;+1/p-1. The van der Waals surface area contributed by atoms with Crippen LogP contribution in [-0.4, -0.2) is 12.6 Å². The third-order valence-electron chi connectivity index (χ3n) is 1.01. The van der Waals surface area contributed by atoms with Crippen LogP contribution in [0.3, 0.4) is 0 Å². The van der Waals surface area contributed by atoms with Gasteiger partial charge in [-0.3, -0.25) is 4.79 Å². The quantitative estimate of drug-likeness (QED) is 0.347. The molecule has 0 N–H and O–H groups in total. The van der Waals surface area contributed by atoms with Gasteiger partial charge in [-0.25, -0.2) is 0 Å². The summed E-state index contributed by atoms with van der Waals surface area (Å²) in [6, 6.07) is 0. The van der Waals surface area contributed by atoms with Gasteiger partial charge in [-0.05, 0) is 6.42 Å². The number of carbonyl (C=O) groups excluding carboxylic acids is 1. The predicted molar refractivity (Wildman–Crippen MR) is 34.5 cm³/mol. The van der Waals surface area contributed by atoms with Crippen molar-refractivity contribution in [2.75, 3.05) is 7.11 Å². The molecule has 0 rings (SSSR count). The summed E-state index contributed by atoms with van der Waals surface area (Å²) < 4.78 is 14.5. The first kappa shape index (κ1) is 14.0. The number of hydrogen-bond acceptors (Lipinski definition) is 4. The average Bonchev–Trinajstić information content (AvgIpc) is 1.89. The topological polar surface area (TPSA) is 66.4 Å². The molecule has 0 heterocycles. The second-order valence-corrected chi connectivity index (χ2v) is 3.68. The molecule has 4 nitrogen and oxygen atoms in total. The first-order valence-corrected chi connectivity index (χ1v) is 4.49. The molecule has 60 valence electrons. The minimum atomic E-state index is -4.17. The Morgan fingerprint density at radius 1 is 1.64 bits per heavy atom. The van der Waals surface area contributed by atoms with Crippen molar-refractivity contribution in [1.29, 1.82) is 0 Å². The molecule has 0 saturated heterocycles. The van der Waals surface area contributed by atoms with Gasteiger partial charge in [0.25, 0.3) is 0 Å². The first-order valence-electron chi connectivity index (χ1n) is 2.94. The van der Waals surface area contributed by atoms with Crippen LogP contribution in [0.4, 0.5) is 0 Å². The van der Waals surface area contributed by atoms with E-state index in [1.807, 2.05) is 0 Å². The maximum Gasteiger partial charge on any atom is 1.00 e. The van der Waals surface area contributed by atoms with Gasteiger partial charge in [-0.15, -0.1) is 0 Å². The molecule has 0 spiro atoms. The second kappa shape index (κ2) is 5.99. The fourth-order valence-corrected chi connectivity index (χ4v) is 1.15. The third kappa shape index (κ3) is 4.79. The number of hydrogen-bond donors (Lipinski definition) is 0. The van der Waals surface area contributed by atoms with Crippen molar-refractivity contribution in [3.05, 3.63) is 0 Å². The Kier molecular flexibility index (Phi) is 7.61. The smallest absolute Gasteiger partial charge is 0.773 e. The molecule has 1 unspecified atom stereocenters. The molecule has 0 aliphatic carbocycles. The van der Waals surface area contributed by atoms with Crippen molar-refractivity contribution in [1.82, 2.24) is 0 Å². The van der Waals surface area contributed by atoms with Gasteiger partial charge in [0, 0.05) is 13.5 Å². The minimum absolute atomic E-state index is 0. The Bertz CT molecular complexity index is 170. The number of rotatable bonds is 4. The van der Waals surface area contributed by atoms with E-state index in [-0.39, 0.29) is 25.3 Å². The molecule has 0 aromatic rings. The largest absolute Gasteiger partial charge is 1.00 e. The summed E-state index contributed by atoms with van der Waals surface area (Å²) in [5, 5.41) is 0. The van der Waals surface area contributed by atoms with Crippen molar-refractivity contribution in [3.8, 4) is 0 Å². The first-order chi connectivity index (χ1) is 4.54. The van der Waals surface area contributed by atoms with Crippen LogP contribution >= 0.6 is 7.60 Å². The van der Waals surface area contributed by atoms with Crippen LogP contribution in [0.5, 0.6) is 0 Å². The Morgan fingerprint density at radius 2 is 2.09 bits per heavy atom. The monoisotopic (exact) mass is 172 g/mol. The summed E-state index contributed by atoms with van der Waals surface area (Å²) >= 11 is 0. The van der Waals surface area contributed by atoms with Gasteiger partial charge in [-0.1, -0.05) is 6.92 Å². The molecule has 0 fully saturated rings. The zero-order valence-electron chi connectivity index (χ0n) is 6.99. The van der Waals surface area contributed by atoms with Crippen molar-refractivity contribution in [2.45, 2.75) is 19.8 Å². The van der Waals surface area contributed by atoms with E-state index in [1.165, 1.54) is 0 Å². The Morgan fingerprint density at radius 3 is 2.36 bits per heavy atom. The molecular weight excluding hydrogens is 162 g/mol. The Balaban J connectivity index is 0. The molecule has 1 atom stereocenters. The van der Waals surface area contributed by atoms with Crippen molar-refractivity contribution >= 4 is 13.1 Å². The third-order valence-corrected chi connectivity index (χ3v) is 2.32. The van der Waals surface area contributed by atoms with Gasteiger partial charge in [0.15, 0.2) is 7.60 Å². The maximum atomic E-state index is 10.6. The van der Waals surface area contributed by atoms with Gasteiger partial charge in [0.2, 0.25) is 5.52 Å². The van der Waals surface area contributed by atoms with Crippen LogP contribution in [0.2, 0.25) is 0 Å². The molecule has 0 saturated carbocycles. The van der Waals surface area contributed by atoms with Gasteiger partial charge >= 0.3 is 18.9 Å². The summed E-state index contributed by atoms with van der Waals surface area (Å²) in [4.78, 5) is 21.1. The molecule has 0 aromatic carbocycles. The predicted octanol–water partition coefficient (Wildman–Crippen LogP) is -2.48. The zero-order valence-corrected chi connectivity index (χ0v) is 7.89. The van der Waals surface area contributed by atoms with Crippen LogP contribution < -0.4 is 23.8 Å². The molecule has 6 heteroatoms. The van der Waals surface area contributed by atoms with E-state index in [1.54, 1.807) is 6.92 Å². The molecule has 0 amide bonds. The fourth-order valence-electron chi connectivity index (χ4n) is 0.453. The molecular formula is C5H10LiO4P. The van der Waals surface area contributed by atoms with Gasteiger partial charge in [-0.2, -0.15) is 0 Å². The summed E-state index contributed by atoms with van der Waals surface area (Å²) in [6.07, 6.45) is 0.559. The zero-order chi connectivity index (χ0) is 8.20. The SMILES string of the molecule is CCCC(=O)P(=O)([O-])OC.[Li+]. The van der Waals surface area contributed by atoms with E-state index < -0.39 is 13.1 Å². The average molecular weight is 172 g/mol. The fraction of sp³-hybridized carbons (Fsp3) is 0.800. The van der Waals surface area contributed by atoms with Gasteiger partial charge in [0.05, 0.1) is 0 Å². The van der Waals surface area contributed by atoms with Gasteiger partial charge < -0.3 is 14.0 Å². The van der Waals surface area contributed by atoms with Crippen molar-refractivity contribution in [3.63, 3.8) is 0 Å². The van der Waals surface area contributed by atoms with Crippen LogP contribution in [0.15, 0.2) is 0 Å². The normalized spacial score (nSPS) is 14.8. The molecule has 11 heavy (non-hydrogen) atoms. The Hall–Kier alpha value is 0.417. The molecule has 0 aromatic heterocycles. The van der Waals surface area contributed by atoms with E-state index >= 15 is 0 Å². The molecule has 0 bridgehead atoms. The molecule has 0 aliphatic rings. The van der Waals surface area contributed by atoms with E-state index in [0.717, 1.165) is 7.11 Å². The van der Waals surface area contributed by atoms with Crippen molar-refractivity contribution in [2.24, 2.45) is 0 Å². The van der Waals surface area contributed by atoms with E-state index in [9.17, 15) is 14.3 Å². The molecule has 0 radical (unpaired) electrons. The summed E-state index contributed by atoms with van der Waals surface area (Å²) in [6.45, 7) is 1.73. The van der Waals surface area contributed by atoms with Crippen molar-refractivity contribution < 1.29 is 37.6 Å². The summed E-state index contributed by atoms with van der Waals surface area (Å²) in [5.41, 5.74) is -0.822. The minimum Gasteiger partial charge on any atom is -0.773 e. The second-order valence-electron chi connectivity index (χ2n) is 1.82. The van der Waals surface area contributed by atoms with Crippen LogP contribution in [0.25, 0.3) is 0 Å². The van der Waals surface area contributed by atoms with Crippen LogP contribution in [-0.2, 0) is 13.9 Å². The van der Waals surface area contributed by atoms with Crippen LogP contribution in [0, 0.1) is 0 Å². The summed E-state index contributed by atoms with van der Waals surface area (Å²) in [5.74, 6) is 0. The number of carbonyl (C=O) groups is 1. The van der Waals surface area contributed by atoms with E-state index in [2.05, 4.69) is 4.52 Å². The van der Waals surface area contributed by atoms with E-state index in [0.29, 0.717) is 6.42 Å². The van der Waals surface area contributed by atoms with Gasteiger partial charge in [0.1, 0.15) is 0 Å².